The van der Waals surface area contributed by atoms with Crippen LogP contribution in [0, 0.1) is 0 Å². The Morgan fingerprint density at radius 2 is 1.66 bits per heavy atom. The van der Waals surface area contributed by atoms with Gasteiger partial charge in [-0.25, -0.2) is 4.79 Å². The summed E-state index contributed by atoms with van der Waals surface area (Å²) >= 11 is 5.85. The molecule has 3 rings (SSSR count). The molecule has 166 valence electrons. The number of benzene rings is 2. The van der Waals surface area contributed by atoms with Crippen molar-refractivity contribution in [1.82, 2.24) is 10.3 Å². The van der Waals surface area contributed by atoms with E-state index in [0.717, 1.165) is 16.8 Å². The van der Waals surface area contributed by atoms with Gasteiger partial charge in [0.15, 0.2) is 0 Å². The van der Waals surface area contributed by atoms with Crippen LogP contribution in [0.2, 0.25) is 5.02 Å². The van der Waals surface area contributed by atoms with Crippen LogP contribution in [-0.2, 0) is 11.3 Å². The van der Waals surface area contributed by atoms with Gasteiger partial charge >= 0.3 is 6.09 Å². The molecule has 0 unspecified atom stereocenters. The van der Waals surface area contributed by atoms with Crippen LogP contribution in [0.1, 0.15) is 59.9 Å². The van der Waals surface area contributed by atoms with E-state index in [2.05, 4.69) is 29.5 Å². The van der Waals surface area contributed by atoms with Gasteiger partial charge in [0.25, 0.3) is 5.91 Å². The van der Waals surface area contributed by atoms with Gasteiger partial charge in [-0.3, -0.25) is 15.1 Å². The predicted molar refractivity (Wildman–Crippen MR) is 126 cm³/mol. The van der Waals surface area contributed by atoms with Crippen molar-refractivity contribution < 1.29 is 14.3 Å². The third-order valence-electron chi connectivity index (χ3n) is 4.93. The fourth-order valence-electron chi connectivity index (χ4n) is 2.98. The normalized spacial score (nSPS) is 11.7. The van der Waals surface area contributed by atoms with E-state index < -0.39 is 6.09 Å². The molecule has 0 spiro atoms. The van der Waals surface area contributed by atoms with Gasteiger partial charge in [-0.1, -0.05) is 49.7 Å². The molecule has 2 amide bonds. The SMILES string of the molecule is CC(C)c1ccc(C(=O)N[C@@H](C)c2ccc(NC(=O)OCc3ccc(Cl)cc3)cc2)cn1. The molecule has 3 aromatic rings. The van der Waals surface area contributed by atoms with Crippen molar-refractivity contribution in [3.8, 4) is 0 Å². The Morgan fingerprint density at radius 3 is 2.25 bits per heavy atom. The minimum Gasteiger partial charge on any atom is -0.444 e. The highest BCUT2D eigenvalue weighted by Gasteiger charge is 2.13. The summed E-state index contributed by atoms with van der Waals surface area (Å²) in [5, 5.41) is 6.28. The number of rotatable bonds is 7. The van der Waals surface area contributed by atoms with Crippen LogP contribution in [-0.4, -0.2) is 17.0 Å². The molecule has 7 heteroatoms. The van der Waals surface area contributed by atoms with Crippen molar-refractivity contribution >= 4 is 29.3 Å². The molecule has 0 aliphatic rings. The maximum Gasteiger partial charge on any atom is 0.411 e. The molecule has 0 saturated heterocycles. The van der Waals surface area contributed by atoms with E-state index in [1.165, 1.54) is 0 Å². The molecule has 1 aromatic heterocycles. The maximum absolute atomic E-state index is 12.5. The molecule has 0 fully saturated rings. The first-order valence-electron chi connectivity index (χ1n) is 10.4. The van der Waals surface area contributed by atoms with E-state index in [-0.39, 0.29) is 18.6 Å². The Kier molecular flexibility index (Phi) is 7.84. The number of carbonyl (C=O) groups is 2. The van der Waals surface area contributed by atoms with Gasteiger partial charge in [-0.15, -0.1) is 0 Å². The first kappa shape index (κ1) is 23.3. The van der Waals surface area contributed by atoms with Crippen molar-refractivity contribution in [2.75, 3.05) is 5.32 Å². The monoisotopic (exact) mass is 451 g/mol. The molecule has 6 nitrogen and oxygen atoms in total. The highest BCUT2D eigenvalue weighted by Crippen LogP contribution is 2.18. The molecule has 2 aromatic carbocycles. The Labute approximate surface area is 193 Å². The lowest BCUT2D eigenvalue weighted by atomic mass is 10.1. The van der Waals surface area contributed by atoms with Crippen molar-refractivity contribution in [1.29, 1.82) is 0 Å². The number of hydrogen-bond acceptors (Lipinski definition) is 4. The van der Waals surface area contributed by atoms with Crippen molar-refractivity contribution in [3.63, 3.8) is 0 Å². The summed E-state index contributed by atoms with van der Waals surface area (Å²) in [5.41, 5.74) is 3.82. The van der Waals surface area contributed by atoms with Gasteiger partial charge in [0.05, 0.1) is 11.6 Å². The van der Waals surface area contributed by atoms with Gasteiger partial charge < -0.3 is 10.1 Å². The smallest absolute Gasteiger partial charge is 0.411 e. The Balaban J connectivity index is 1.50. The molecule has 1 atom stereocenters. The number of ether oxygens (including phenoxy) is 1. The zero-order valence-electron chi connectivity index (χ0n) is 18.3. The summed E-state index contributed by atoms with van der Waals surface area (Å²) in [4.78, 5) is 28.9. The maximum atomic E-state index is 12.5. The number of anilines is 1. The topological polar surface area (TPSA) is 80.3 Å². The summed E-state index contributed by atoms with van der Waals surface area (Å²) in [6, 6.07) is 17.8. The molecule has 0 aliphatic heterocycles. The lowest BCUT2D eigenvalue weighted by Crippen LogP contribution is -2.26. The van der Waals surface area contributed by atoms with E-state index in [1.54, 1.807) is 48.7 Å². The van der Waals surface area contributed by atoms with Crippen LogP contribution in [0.4, 0.5) is 10.5 Å². The van der Waals surface area contributed by atoms with E-state index >= 15 is 0 Å². The van der Waals surface area contributed by atoms with Gasteiger partial charge in [0.1, 0.15) is 6.61 Å². The van der Waals surface area contributed by atoms with Gasteiger partial charge in [0, 0.05) is 22.6 Å². The van der Waals surface area contributed by atoms with E-state index in [1.807, 2.05) is 25.1 Å². The number of hydrogen-bond donors (Lipinski definition) is 2. The number of aromatic nitrogens is 1. The van der Waals surface area contributed by atoms with E-state index in [0.29, 0.717) is 22.2 Å². The zero-order chi connectivity index (χ0) is 23.1. The number of carbonyl (C=O) groups excluding carboxylic acids is 2. The first-order chi connectivity index (χ1) is 15.3. The van der Waals surface area contributed by atoms with Crippen LogP contribution in [0.5, 0.6) is 0 Å². The van der Waals surface area contributed by atoms with Crippen molar-refractivity contribution in [2.45, 2.75) is 39.3 Å². The van der Waals surface area contributed by atoms with Gasteiger partial charge in [-0.05, 0) is 60.4 Å². The van der Waals surface area contributed by atoms with Crippen LogP contribution < -0.4 is 10.6 Å². The third-order valence-corrected chi connectivity index (χ3v) is 5.18. The quantitative estimate of drug-likeness (QED) is 0.455. The lowest BCUT2D eigenvalue weighted by Gasteiger charge is -2.15. The van der Waals surface area contributed by atoms with E-state index in [9.17, 15) is 9.59 Å². The number of amides is 2. The average Bonchev–Trinajstić information content (AvgIpc) is 2.79. The van der Waals surface area contributed by atoms with Crippen LogP contribution in [0.15, 0.2) is 66.9 Å². The van der Waals surface area contributed by atoms with Gasteiger partial charge in [-0.2, -0.15) is 0 Å². The van der Waals surface area contributed by atoms with Gasteiger partial charge in [0.2, 0.25) is 0 Å². The molecule has 32 heavy (non-hydrogen) atoms. The number of nitrogens with zero attached hydrogens (tertiary/aromatic N) is 1. The number of halogens is 1. The fourth-order valence-corrected chi connectivity index (χ4v) is 3.11. The minimum absolute atomic E-state index is 0.150. The molecular formula is C25H26ClN3O3. The third kappa shape index (κ3) is 6.56. The molecule has 2 N–H and O–H groups in total. The second-order valence-electron chi connectivity index (χ2n) is 7.77. The minimum atomic E-state index is -0.550. The molecule has 0 aliphatic carbocycles. The standard InChI is InChI=1S/C25H26ClN3O3/c1-16(2)23-13-8-20(14-27-23)24(30)28-17(3)19-6-11-22(12-7-19)29-25(31)32-15-18-4-9-21(26)10-5-18/h4-14,16-17H,15H2,1-3H3,(H,28,30)(H,29,31)/t17-/m0/s1. The summed E-state index contributed by atoms with van der Waals surface area (Å²) < 4.78 is 5.22. The Morgan fingerprint density at radius 1 is 0.969 bits per heavy atom. The Hall–Kier alpha value is -3.38. The van der Waals surface area contributed by atoms with Crippen LogP contribution >= 0.6 is 11.6 Å². The van der Waals surface area contributed by atoms with Crippen molar-refractivity contribution in [3.05, 3.63) is 94.3 Å². The summed E-state index contributed by atoms with van der Waals surface area (Å²) in [5.74, 6) is 0.126. The average molecular weight is 452 g/mol. The fraction of sp³-hybridized carbons (Fsp3) is 0.240. The molecule has 0 bridgehead atoms. The number of nitrogens with one attached hydrogen (secondary N) is 2. The second kappa shape index (κ2) is 10.8. The van der Waals surface area contributed by atoms with Crippen LogP contribution in [0.25, 0.3) is 0 Å². The summed E-state index contributed by atoms with van der Waals surface area (Å²) in [6.45, 7) is 6.16. The zero-order valence-corrected chi connectivity index (χ0v) is 19.0. The molecule has 1 heterocycles. The highest BCUT2D eigenvalue weighted by atomic mass is 35.5. The molecular weight excluding hydrogens is 426 g/mol. The van der Waals surface area contributed by atoms with Crippen LogP contribution in [0.3, 0.4) is 0 Å². The molecule has 0 saturated carbocycles. The molecule has 0 radical (unpaired) electrons. The largest absolute Gasteiger partial charge is 0.444 e. The highest BCUT2D eigenvalue weighted by molar-refractivity contribution is 6.30. The van der Waals surface area contributed by atoms with Crippen molar-refractivity contribution in [2.24, 2.45) is 0 Å². The second-order valence-corrected chi connectivity index (χ2v) is 8.21. The Bertz CT molecular complexity index is 1050. The summed E-state index contributed by atoms with van der Waals surface area (Å²) in [7, 11) is 0. The first-order valence-corrected chi connectivity index (χ1v) is 10.7. The number of pyridine rings is 1. The van der Waals surface area contributed by atoms with E-state index in [4.69, 9.17) is 16.3 Å². The summed E-state index contributed by atoms with van der Waals surface area (Å²) in [6.07, 6.45) is 1.05. The predicted octanol–water partition coefficient (Wildman–Crippen LogP) is 6.10. The lowest BCUT2D eigenvalue weighted by molar-refractivity contribution is 0.0939.